The molecule has 1 heterocycles. The van der Waals surface area contributed by atoms with E-state index in [1.165, 1.54) is 12.8 Å². The van der Waals surface area contributed by atoms with Gasteiger partial charge in [0.2, 0.25) is 0 Å². The van der Waals surface area contributed by atoms with Crippen LogP contribution in [-0.4, -0.2) is 15.9 Å². The van der Waals surface area contributed by atoms with Crippen LogP contribution in [0.2, 0.25) is 0 Å². The van der Waals surface area contributed by atoms with Crippen molar-refractivity contribution < 1.29 is 4.74 Å². The number of benzene rings is 2. The van der Waals surface area contributed by atoms with E-state index in [1.807, 2.05) is 48.5 Å². The summed E-state index contributed by atoms with van der Waals surface area (Å²) >= 11 is 0. The fraction of sp³-hybridized carbons (Fsp3) is 0.316. The largest absolute Gasteiger partial charge is 0.373 e. The number of rotatable bonds is 4. The van der Waals surface area contributed by atoms with Crippen molar-refractivity contribution >= 4 is 10.9 Å². The van der Waals surface area contributed by atoms with Crippen LogP contribution in [0.1, 0.15) is 31.2 Å². The van der Waals surface area contributed by atoms with Crippen molar-refractivity contribution in [3.8, 4) is 5.69 Å². The Balaban J connectivity index is 1.70. The Kier molecular flexibility index (Phi) is 3.75. The molecular formula is C19H20N2O2. The maximum absolute atomic E-state index is 12.6. The number of fused-ring (bicyclic) bond motifs is 1. The molecule has 2 aromatic carbocycles. The van der Waals surface area contributed by atoms with Crippen molar-refractivity contribution in [2.24, 2.45) is 0 Å². The molecule has 23 heavy (non-hydrogen) atoms. The van der Waals surface area contributed by atoms with E-state index in [4.69, 9.17) is 4.74 Å². The zero-order valence-electron chi connectivity index (χ0n) is 13.0. The molecule has 1 N–H and O–H groups in total. The van der Waals surface area contributed by atoms with Crippen LogP contribution >= 0.6 is 0 Å². The third kappa shape index (κ3) is 2.70. The lowest BCUT2D eigenvalue weighted by Crippen LogP contribution is -2.17. The number of aromatic amines is 1. The molecule has 0 radical (unpaired) electrons. The Hall–Kier alpha value is -2.33. The molecule has 0 saturated heterocycles. The first-order valence-corrected chi connectivity index (χ1v) is 8.22. The second kappa shape index (κ2) is 6.05. The summed E-state index contributed by atoms with van der Waals surface area (Å²) in [7, 11) is 0. The van der Waals surface area contributed by atoms with Crippen molar-refractivity contribution in [1.82, 2.24) is 9.78 Å². The highest BCUT2D eigenvalue weighted by molar-refractivity contribution is 5.78. The van der Waals surface area contributed by atoms with Crippen LogP contribution in [0.4, 0.5) is 0 Å². The lowest BCUT2D eigenvalue weighted by Gasteiger charge is -2.14. The van der Waals surface area contributed by atoms with Gasteiger partial charge in [0, 0.05) is 5.56 Å². The van der Waals surface area contributed by atoms with Crippen molar-refractivity contribution in [2.75, 3.05) is 0 Å². The fourth-order valence-corrected chi connectivity index (χ4v) is 3.34. The summed E-state index contributed by atoms with van der Waals surface area (Å²) in [4.78, 5) is 12.6. The maximum atomic E-state index is 12.6. The molecule has 0 aliphatic heterocycles. The molecule has 0 amide bonds. The van der Waals surface area contributed by atoms with Gasteiger partial charge in [0.05, 0.1) is 29.3 Å². The van der Waals surface area contributed by atoms with Gasteiger partial charge in [-0.15, -0.1) is 0 Å². The molecule has 1 aliphatic carbocycles. The highest BCUT2D eigenvalue weighted by Gasteiger charge is 2.17. The number of hydrogen-bond donors (Lipinski definition) is 1. The van der Waals surface area contributed by atoms with Gasteiger partial charge in [-0.2, -0.15) is 0 Å². The van der Waals surface area contributed by atoms with Crippen LogP contribution < -0.4 is 5.56 Å². The summed E-state index contributed by atoms with van der Waals surface area (Å²) in [5.74, 6) is 0. The predicted octanol–water partition coefficient (Wildman–Crippen LogP) is 3.78. The Morgan fingerprint density at radius 1 is 1.04 bits per heavy atom. The molecule has 0 unspecified atom stereocenters. The normalized spacial score (nSPS) is 15.5. The minimum Gasteiger partial charge on any atom is -0.373 e. The van der Waals surface area contributed by atoms with Gasteiger partial charge >= 0.3 is 0 Å². The Morgan fingerprint density at radius 3 is 2.61 bits per heavy atom. The lowest BCUT2D eigenvalue weighted by atomic mass is 10.2. The van der Waals surface area contributed by atoms with Crippen LogP contribution in [0.5, 0.6) is 0 Å². The van der Waals surface area contributed by atoms with Gasteiger partial charge in [0.15, 0.2) is 0 Å². The molecule has 0 bridgehead atoms. The number of nitrogens with zero attached hydrogens (tertiary/aromatic N) is 1. The van der Waals surface area contributed by atoms with E-state index in [1.54, 1.807) is 4.68 Å². The minimum absolute atomic E-state index is 0.0195. The third-order valence-corrected chi connectivity index (χ3v) is 4.60. The first-order chi connectivity index (χ1) is 11.3. The van der Waals surface area contributed by atoms with Crippen molar-refractivity contribution in [3.05, 3.63) is 64.4 Å². The van der Waals surface area contributed by atoms with E-state index in [2.05, 4.69) is 5.10 Å². The van der Waals surface area contributed by atoms with E-state index >= 15 is 0 Å². The van der Waals surface area contributed by atoms with Crippen molar-refractivity contribution in [3.63, 3.8) is 0 Å². The smallest absolute Gasteiger partial charge is 0.279 e. The highest BCUT2D eigenvalue weighted by atomic mass is 16.5. The van der Waals surface area contributed by atoms with Gasteiger partial charge in [-0.25, -0.2) is 4.68 Å². The van der Waals surface area contributed by atoms with Gasteiger partial charge in [-0.1, -0.05) is 43.2 Å². The molecule has 1 aromatic heterocycles. The van der Waals surface area contributed by atoms with E-state index in [9.17, 15) is 4.79 Å². The number of para-hydroxylation sites is 2. The quantitative estimate of drug-likeness (QED) is 0.797. The predicted molar refractivity (Wildman–Crippen MR) is 90.9 cm³/mol. The molecule has 4 heteroatoms. The summed E-state index contributed by atoms with van der Waals surface area (Å²) in [6.45, 7) is 0.544. The molecule has 1 fully saturated rings. The number of aromatic nitrogens is 2. The lowest BCUT2D eigenvalue weighted by molar-refractivity contribution is 0.0456. The Labute approximate surface area is 134 Å². The number of nitrogens with one attached hydrogen (secondary N) is 1. The monoisotopic (exact) mass is 308 g/mol. The van der Waals surface area contributed by atoms with Crippen molar-refractivity contribution in [2.45, 2.75) is 38.4 Å². The fourth-order valence-electron chi connectivity index (χ4n) is 3.34. The number of ether oxygens (including phenoxy) is 1. The molecule has 0 spiro atoms. The molecule has 1 aliphatic rings. The first-order valence-electron chi connectivity index (χ1n) is 8.22. The molecular weight excluding hydrogens is 288 g/mol. The average Bonchev–Trinajstić information content (AvgIpc) is 3.22. The Bertz CT molecular complexity index is 872. The second-order valence-corrected chi connectivity index (χ2v) is 6.14. The molecule has 4 nitrogen and oxygen atoms in total. The molecule has 0 atom stereocenters. The van der Waals surface area contributed by atoms with Gasteiger partial charge in [-0.05, 0) is 31.0 Å². The summed E-state index contributed by atoms with van der Waals surface area (Å²) < 4.78 is 7.66. The third-order valence-electron chi connectivity index (χ3n) is 4.60. The van der Waals surface area contributed by atoms with Crippen LogP contribution in [0.3, 0.4) is 0 Å². The highest BCUT2D eigenvalue weighted by Crippen LogP contribution is 2.23. The van der Waals surface area contributed by atoms with Crippen LogP contribution in [0.25, 0.3) is 16.6 Å². The first kappa shape index (κ1) is 14.3. The number of H-pyrrole nitrogens is 1. The van der Waals surface area contributed by atoms with E-state index < -0.39 is 0 Å². The average molecular weight is 308 g/mol. The Morgan fingerprint density at radius 2 is 1.78 bits per heavy atom. The van der Waals surface area contributed by atoms with Gasteiger partial charge in [0.1, 0.15) is 0 Å². The number of hydrogen-bond acceptors (Lipinski definition) is 2. The maximum Gasteiger partial charge on any atom is 0.279 e. The second-order valence-electron chi connectivity index (χ2n) is 6.14. The topological polar surface area (TPSA) is 47.0 Å². The van der Waals surface area contributed by atoms with Crippen LogP contribution in [0, 0.1) is 0 Å². The standard InChI is InChI=1S/C19H20N2O2/c22-19-16-10-4-5-11-17(16)20-21(19)18-12-6-1-7-14(18)13-23-15-8-2-3-9-15/h1,4-7,10-12,15,20H,2-3,8-9,13H2. The van der Waals surface area contributed by atoms with E-state index in [0.29, 0.717) is 18.1 Å². The SMILES string of the molecule is O=c1c2ccccc2[nH]n1-c1ccccc1COC1CCCC1. The summed E-state index contributed by atoms with van der Waals surface area (Å²) in [6, 6.07) is 15.5. The van der Waals surface area contributed by atoms with E-state index in [0.717, 1.165) is 29.6 Å². The molecule has 1 saturated carbocycles. The molecule has 118 valence electrons. The molecule has 3 aromatic rings. The van der Waals surface area contributed by atoms with Crippen molar-refractivity contribution in [1.29, 1.82) is 0 Å². The van der Waals surface area contributed by atoms with Crippen LogP contribution in [-0.2, 0) is 11.3 Å². The van der Waals surface area contributed by atoms with Gasteiger partial charge in [-0.3, -0.25) is 9.89 Å². The zero-order chi connectivity index (χ0) is 15.6. The summed E-state index contributed by atoms with van der Waals surface area (Å²) in [5, 5.41) is 3.90. The minimum atomic E-state index is -0.0195. The zero-order valence-corrected chi connectivity index (χ0v) is 13.0. The van der Waals surface area contributed by atoms with Gasteiger partial charge < -0.3 is 4.74 Å². The summed E-state index contributed by atoms with van der Waals surface area (Å²) in [6.07, 6.45) is 5.17. The van der Waals surface area contributed by atoms with E-state index in [-0.39, 0.29) is 5.56 Å². The van der Waals surface area contributed by atoms with Crippen LogP contribution in [0.15, 0.2) is 53.3 Å². The molecule has 4 rings (SSSR count). The summed E-state index contributed by atoms with van der Waals surface area (Å²) in [5.41, 5.74) is 2.73. The van der Waals surface area contributed by atoms with Gasteiger partial charge in [0.25, 0.3) is 5.56 Å².